The number of fused-ring (bicyclic) bond motifs is 1. The molecule has 0 fully saturated rings. The molecule has 0 saturated carbocycles. The van der Waals surface area contributed by atoms with Crippen molar-refractivity contribution >= 4 is 39.0 Å². The van der Waals surface area contributed by atoms with Crippen molar-refractivity contribution in [3.05, 3.63) is 39.0 Å². The zero-order chi connectivity index (χ0) is 14.3. The second-order valence-corrected chi connectivity index (χ2v) is 5.83. The van der Waals surface area contributed by atoms with Crippen LogP contribution in [0, 0.1) is 13.8 Å². The summed E-state index contributed by atoms with van der Waals surface area (Å²) < 4.78 is 11.7. The van der Waals surface area contributed by atoms with Crippen molar-refractivity contribution in [1.29, 1.82) is 0 Å². The third-order valence-corrected chi connectivity index (χ3v) is 3.96. The van der Waals surface area contributed by atoms with E-state index in [0.29, 0.717) is 10.8 Å². The molecule has 1 N–H and O–H groups in total. The third kappa shape index (κ3) is 2.31. The van der Waals surface area contributed by atoms with Crippen LogP contribution in [-0.2, 0) is 0 Å². The van der Waals surface area contributed by atoms with Crippen LogP contribution in [0.15, 0.2) is 22.8 Å². The molecule has 0 amide bonds. The van der Waals surface area contributed by atoms with Crippen LogP contribution in [0.4, 0.5) is 11.5 Å². The fourth-order valence-electron chi connectivity index (χ4n) is 2.18. The first-order chi connectivity index (χ1) is 9.56. The van der Waals surface area contributed by atoms with Gasteiger partial charge in [-0.15, -0.1) is 0 Å². The number of aromatic nitrogens is 1. The Labute approximate surface area is 130 Å². The molecule has 1 aliphatic heterocycles. The first-order valence-corrected chi connectivity index (χ1v) is 7.21. The summed E-state index contributed by atoms with van der Waals surface area (Å²) in [7, 11) is 0. The van der Waals surface area contributed by atoms with Crippen LogP contribution in [0.2, 0.25) is 5.02 Å². The number of halogens is 2. The van der Waals surface area contributed by atoms with E-state index in [1.807, 2.05) is 19.9 Å². The molecule has 1 aromatic heterocycles. The van der Waals surface area contributed by atoms with Gasteiger partial charge in [0, 0.05) is 17.4 Å². The van der Waals surface area contributed by atoms with Crippen molar-refractivity contribution in [2.45, 2.75) is 13.8 Å². The molecule has 0 bridgehead atoms. The lowest BCUT2D eigenvalue weighted by Crippen LogP contribution is -2.00. The molecule has 104 valence electrons. The van der Waals surface area contributed by atoms with E-state index in [0.717, 1.165) is 32.8 Å². The first-order valence-electron chi connectivity index (χ1n) is 6.04. The number of hydrogen-bond acceptors (Lipinski definition) is 4. The van der Waals surface area contributed by atoms with Crippen molar-refractivity contribution in [3.63, 3.8) is 0 Å². The van der Waals surface area contributed by atoms with Crippen LogP contribution >= 0.6 is 27.5 Å². The number of nitrogens with zero attached hydrogens (tertiary/aromatic N) is 1. The van der Waals surface area contributed by atoms with E-state index in [9.17, 15) is 0 Å². The first kappa shape index (κ1) is 13.5. The van der Waals surface area contributed by atoms with Gasteiger partial charge < -0.3 is 14.8 Å². The van der Waals surface area contributed by atoms with Crippen molar-refractivity contribution in [3.8, 4) is 11.5 Å². The van der Waals surface area contributed by atoms with Crippen LogP contribution in [-0.4, -0.2) is 11.8 Å². The summed E-state index contributed by atoms with van der Waals surface area (Å²) in [5.74, 6) is 2.27. The number of nitrogens with one attached hydrogen (secondary N) is 1. The van der Waals surface area contributed by atoms with E-state index in [2.05, 4.69) is 26.2 Å². The fourth-order valence-corrected chi connectivity index (χ4v) is 2.92. The normalized spacial score (nSPS) is 12.6. The van der Waals surface area contributed by atoms with E-state index < -0.39 is 0 Å². The summed E-state index contributed by atoms with van der Waals surface area (Å²) in [5.41, 5.74) is 3.03. The van der Waals surface area contributed by atoms with Gasteiger partial charge in [0.15, 0.2) is 11.5 Å². The molecule has 1 aliphatic rings. The summed E-state index contributed by atoms with van der Waals surface area (Å²) in [6.07, 6.45) is 1.60. The zero-order valence-electron chi connectivity index (χ0n) is 11.0. The number of benzene rings is 1. The van der Waals surface area contributed by atoms with E-state index >= 15 is 0 Å². The highest BCUT2D eigenvalue weighted by Crippen LogP contribution is 2.42. The second kappa shape index (κ2) is 5.14. The summed E-state index contributed by atoms with van der Waals surface area (Å²) in [6, 6.07) is 3.76. The van der Waals surface area contributed by atoms with Gasteiger partial charge in [-0.05, 0) is 47.5 Å². The zero-order valence-corrected chi connectivity index (χ0v) is 13.3. The monoisotopic (exact) mass is 354 g/mol. The van der Waals surface area contributed by atoms with E-state index in [4.69, 9.17) is 21.1 Å². The fraction of sp³-hybridized carbons (Fsp3) is 0.214. The average molecular weight is 356 g/mol. The van der Waals surface area contributed by atoms with Gasteiger partial charge in [0.2, 0.25) is 6.79 Å². The van der Waals surface area contributed by atoms with Crippen LogP contribution in [0.5, 0.6) is 11.5 Å². The van der Waals surface area contributed by atoms with Gasteiger partial charge in [0.25, 0.3) is 0 Å². The minimum Gasteiger partial charge on any atom is -0.454 e. The van der Waals surface area contributed by atoms with Gasteiger partial charge in [0.1, 0.15) is 5.82 Å². The molecule has 6 heteroatoms. The number of rotatable bonds is 2. The topological polar surface area (TPSA) is 43.4 Å². The van der Waals surface area contributed by atoms with Crippen molar-refractivity contribution in [1.82, 2.24) is 4.98 Å². The lowest BCUT2D eigenvalue weighted by molar-refractivity contribution is 0.173. The van der Waals surface area contributed by atoms with Gasteiger partial charge in [-0.25, -0.2) is 4.98 Å². The molecular formula is C14H12BrClN2O2. The number of pyridine rings is 1. The van der Waals surface area contributed by atoms with Gasteiger partial charge in [-0.1, -0.05) is 11.6 Å². The summed E-state index contributed by atoms with van der Waals surface area (Å²) >= 11 is 9.35. The van der Waals surface area contributed by atoms with E-state index in [1.165, 1.54) is 0 Å². The molecule has 2 aromatic rings. The number of ether oxygens (including phenoxy) is 2. The van der Waals surface area contributed by atoms with Crippen LogP contribution in [0.1, 0.15) is 11.1 Å². The maximum atomic E-state index is 5.90. The highest BCUT2D eigenvalue weighted by molar-refractivity contribution is 9.10. The second-order valence-electron chi connectivity index (χ2n) is 4.54. The molecular weight excluding hydrogens is 344 g/mol. The standard InChI is InChI=1S/C14H12BrClN2O2/c1-7-3-11-13(20-6-19-11)8(2)12(7)18-14-10(15)4-9(16)5-17-14/h3-5H,6H2,1-2H3,(H,17,18). The minimum atomic E-state index is 0.266. The molecule has 3 rings (SSSR count). The van der Waals surface area contributed by atoms with Crippen molar-refractivity contribution in [2.75, 3.05) is 12.1 Å². The Morgan fingerprint density at radius 1 is 1.30 bits per heavy atom. The highest BCUT2D eigenvalue weighted by Gasteiger charge is 2.21. The summed E-state index contributed by atoms with van der Waals surface area (Å²) in [4.78, 5) is 4.29. The Bertz CT molecular complexity index is 691. The predicted octanol–water partition coefficient (Wildman–Crippen LogP) is 4.59. The lowest BCUT2D eigenvalue weighted by atomic mass is 10.1. The van der Waals surface area contributed by atoms with Gasteiger partial charge in [-0.2, -0.15) is 0 Å². The Morgan fingerprint density at radius 2 is 2.10 bits per heavy atom. The Hall–Kier alpha value is -1.46. The highest BCUT2D eigenvalue weighted by atomic mass is 79.9. The van der Waals surface area contributed by atoms with Gasteiger partial charge in [-0.3, -0.25) is 0 Å². The summed E-state index contributed by atoms with van der Waals surface area (Å²) in [5, 5.41) is 3.90. The quantitative estimate of drug-likeness (QED) is 0.856. The van der Waals surface area contributed by atoms with Crippen LogP contribution in [0.3, 0.4) is 0 Å². The smallest absolute Gasteiger partial charge is 0.231 e. The number of anilines is 2. The van der Waals surface area contributed by atoms with Crippen molar-refractivity contribution < 1.29 is 9.47 Å². The molecule has 20 heavy (non-hydrogen) atoms. The van der Waals surface area contributed by atoms with Gasteiger partial charge >= 0.3 is 0 Å². The molecule has 2 heterocycles. The van der Waals surface area contributed by atoms with Gasteiger partial charge in [0.05, 0.1) is 9.50 Å². The van der Waals surface area contributed by atoms with Crippen LogP contribution in [0.25, 0.3) is 0 Å². The average Bonchev–Trinajstić information content (AvgIpc) is 2.85. The minimum absolute atomic E-state index is 0.266. The predicted molar refractivity (Wildman–Crippen MR) is 82.3 cm³/mol. The lowest BCUT2D eigenvalue weighted by Gasteiger charge is -2.15. The molecule has 0 radical (unpaired) electrons. The molecule has 0 atom stereocenters. The summed E-state index contributed by atoms with van der Waals surface area (Å²) in [6.45, 7) is 4.27. The SMILES string of the molecule is Cc1cc2c(c(C)c1Nc1ncc(Cl)cc1Br)OCO2. The Morgan fingerprint density at radius 3 is 2.85 bits per heavy atom. The molecule has 0 unspecified atom stereocenters. The maximum Gasteiger partial charge on any atom is 0.231 e. The number of hydrogen-bond donors (Lipinski definition) is 1. The molecule has 0 spiro atoms. The Kier molecular flexibility index (Phi) is 3.48. The number of aryl methyl sites for hydroxylation is 1. The van der Waals surface area contributed by atoms with E-state index in [1.54, 1.807) is 12.3 Å². The molecule has 4 nitrogen and oxygen atoms in total. The molecule has 0 saturated heterocycles. The van der Waals surface area contributed by atoms with Crippen molar-refractivity contribution in [2.24, 2.45) is 0 Å². The third-order valence-electron chi connectivity index (χ3n) is 3.15. The van der Waals surface area contributed by atoms with Crippen LogP contribution < -0.4 is 14.8 Å². The Balaban J connectivity index is 2.03. The molecule has 0 aliphatic carbocycles. The molecule has 1 aromatic carbocycles. The maximum absolute atomic E-state index is 5.90. The largest absolute Gasteiger partial charge is 0.454 e. The van der Waals surface area contributed by atoms with E-state index in [-0.39, 0.29) is 6.79 Å².